The number of hydrogen-bond donors (Lipinski definition) is 0. The van der Waals surface area contributed by atoms with Gasteiger partial charge in [0.2, 0.25) is 0 Å². The zero-order valence-electron chi connectivity index (χ0n) is 11.5. The molecule has 0 spiro atoms. The van der Waals surface area contributed by atoms with Crippen LogP contribution in [0.1, 0.15) is 18.9 Å². The highest BCUT2D eigenvalue weighted by molar-refractivity contribution is 9.09. The first-order valence-electron chi connectivity index (χ1n) is 6.85. The summed E-state index contributed by atoms with van der Waals surface area (Å²) in [4.78, 5) is 12.5. The highest BCUT2D eigenvalue weighted by atomic mass is 79.9. The lowest BCUT2D eigenvalue weighted by Gasteiger charge is -2.28. The van der Waals surface area contributed by atoms with Crippen molar-refractivity contribution in [2.45, 2.75) is 30.9 Å². The fourth-order valence-corrected chi connectivity index (χ4v) is 2.80. The second kappa shape index (κ2) is 7.60. The van der Waals surface area contributed by atoms with Crippen molar-refractivity contribution in [2.24, 2.45) is 5.92 Å². The Hall–Kier alpha value is -1.13. The molecule has 0 aliphatic heterocycles. The smallest absolute Gasteiger partial charge is 0.315 e. The molecule has 3 atom stereocenters. The predicted molar refractivity (Wildman–Crippen MR) is 81.6 cm³/mol. The van der Waals surface area contributed by atoms with Crippen molar-refractivity contribution in [3.05, 3.63) is 48.0 Å². The third-order valence-corrected chi connectivity index (χ3v) is 3.94. The number of alkyl halides is 1. The zero-order chi connectivity index (χ0) is 14.4. The van der Waals surface area contributed by atoms with Gasteiger partial charge < -0.3 is 9.47 Å². The van der Waals surface area contributed by atoms with E-state index in [-0.39, 0.29) is 22.8 Å². The van der Waals surface area contributed by atoms with E-state index in [2.05, 4.69) is 15.9 Å². The highest BCUT2D eigenvalue weighted by Crippen LogP contribution is 2.26. The number of benzene rings is 1. The molecule has 3 nitrogen and oxygen atoms in total. The fraction of sp³-hybridized carbons (Fsp3) is 0.438. The molecule has 1 aromatic rings. The van der Waals surface area contributed by atoms with Gasteiger partial charge in [0.05, 0.1) is 6.10 Å². The van der Waals surface area contributed by atoms with Gasteiger partial charge in [-0.25, -0.2) is 0 Å². The average Bonchev–Trinajstić information content (AvgIpc) is 2.46. The Morgan fingerprint density at radius 1 is 1.30 bits per heavy atom. The van der Waals surface area contributed by atoms with Crippen LogP contribution in [0.4, 0.5) is 0 Å². The van der Waals surface area contributed by atoms with Crippen LogP contribution in [0.2, 0.25) is 0 Å². The third-order valence-electron chi connectivity index (χ3n) is 3.26. The van der Waals surface area contributed by atoms with E-state index >= 15 is 0 Å². The molecule has 1 aliphatic rings. The van der Waals surface area contributed by atoms with E-state index in [1.807, 2.05) is 49.4 Å². The maximum Gasteiger partial charge on any atom is 0.315 e. The summed E-state index contributed by atoms with van der Waals surface area (Å²) in [6.45, 7) is 2.84. The molecule has 1 aliphatic carbocycles. The molecule has 0 aromatic heterocycles. The van der Waals surface area contributed by atoms with Crippen LogP contribution in [0, 0.1) is 5.92 Å². The van der Waals surface area contributed by atoms with Crippen molar-refractivity contribution in [3.8, 4) is 0 Å². The van der Waals surface area contributed by atoms with Crippen LogP contribution in [0.3, 0.4) is 0 Å². The van der Waals surface area contributed by atoms with Crippen molar-refractivity contribution in [3.63, 3.8) is 0 Å². The average molecular weight is 339 g/mol. The number of carbonyl (C=O) groups is 1. The van der Waals surface area contributed by atoms with Gasteiger partial charge in [0.1, 0.15) is 12.5 Å². The number of carbonyl (C=O) groups excluding carboxylic acids is 1. The summed E-state index contributed by atoms with van der Waals surface area (Å²) in [5.74, 6) is -0.532. The van der Waals surface area contributed by atoms with Crippen LogP contribution >= 0.6 is 15.9 Å². The van der Waals surface area contributed by atoms with Gasteiger partial charge in [0.25, 0.3) is 0 Å². The first-order chi connectivity index (χ1) is 9.70. The van der Waals surface area contributed by atoms with Gasteiger partial charge in [-0.1, -0.05) is 58.4 Å². The Balaban J connectivity index is 1.94. The van der Waals surface area contributed by atoms with E-state index in [1.165, 1.54) is 0 Å². The van der Waals surface area contributed by atoms with E-state index in [0.29, 0.717) is 13.2 Å². The van der Waals surface area contributed by atoms with Gasteiger partial charge in [-0.15, -0.1) is 0 Å². The van der Waals surface area contributed by atoms with Gasteiger partial charge in [-0.05, 0) is 18.9 Å². The summed E-state index contributed by atoms with van der Waals surface area (Å²) in [5.41, 5.74) is 0.993. The molecule has 108 valence electrons. The standard InChI is InChI=1S/C16H19BrO3/c1-2-19-15-10-13(17)8-9-14(15)16(18)20-11-12-6-4-3-5-7-12/h3-9,13-15H,2,10-11H2,1H3. The lowest BCUT2D eigenvalue weighted by Crippen LogP contribution is -2.35. The molecule has 0 saturated heterocycles. The molecule has 0 radical (unpaired) electrons. The molecule has 0 fully saturated rings. The SMILES string of the molecule is CCOC1CC(Br)C=CC1C(=O)OCc1ccccc1. The molecule has 0 amide bonds. The van der Waals surface area contributed by atoms with Gasteiger partial charge >= 0.3 is 5.97 Å². The van der Waals surface area contributed by atoms with Crippen LogP contribution < -0.4 is 0 Å². The first kappa shape index (κ1) is 15.3. The number of halogens is 1. The molecule has 1 aromatic carbocycles. The van der Waals surface area contributed by atoms with Crippen molar-refractivity contribution in [2.75, 3.05) is 6.61 Å². The van der Waals surface area contributed by atoms with Gasteiger partial charge in [0, 0.05) is 11.4 Å². The summed E-state index contributed by atoms with van der Waals surface area (Å²) in [6.07, 6.45) is 4.55. The minimum Gasteiger partial charge on any atom is -0.460 e. The Morgan fingerprint density at radius 3 is 2.75 bits per heavy atom. The summed E-state index contributed by atoms with van der Waals surface area (Å²) in [7, 11) is 0. The Labute approximate surface area is 128 Å². The monoisotopic (exact) mass is 338 g/mol. The molecule has 2 rings (SSSR count). The number of esters is 1. The summed E-state index contributed by atoms with van der Waals surface area (Å²) >= 11 is 3.53. The van der Waals surface area contributed by atoms with Gasteiger partial charge in [-0.3, -0.25) is 4.79 Å². The van der Waals surface area contributed by atoms with Crippen molar-refractivity contribution in [1.82, 2.24) is 0 Å². The molecular weight excluding hydrogens is 320 g/mol. The molecule has 20 heavy (non-hydrogen) atoms. The minimum atomic E-state index is -0.313. The molecule has 3 unspecified atom stereocenters. The Bertz CT molecular complexity index is 458. The van der Waals surface area contributed by atoms with Crippen LogP contribution in [-0.2, 0) is 20.9 Å². The van der Waals surface area contributed by atoms with E-state index in [9.17, 15) is 4.79 Å². The topological polar surface area (TPSA) is 35.5 Å². The van der Waals surface area contributed by atoms with Crippen LogP contribution in [-0.4, -0.2) is 23.5 Å². The predicted octanol–water partition coefficient (Wildman–Crippen LogP) is 3.47. The molecule has 0 bridgehead atoms. The quantitative estimate of drug-likeness (QED) is 0.468. The third kappa shape index (κ3) is 4.18. The summed E-state index contributed by atoms with van der Waals surface area (Å²) < 4.78 is 11.1. The van der Waals surface area contributed by atoms with E-state index in [0.717, 1.165) is 12.0 Å². The largest absolute Gasteiger partial charge is 0.460 e. The Morgan fingerprint density at radius 2 is 2.05 bits per heavy atom. The number of allylic oxidation sites excluding steroid dienone is 1. The van der Waals surface area contributed by atoms with E-state index in [1.54, 1.807) is 0 Å². The maximum atomic E-state index is 12.2. The van der Waals surface area contributed by atoms with Crippen molar-refractivity contribution >= 4 is 21.9 Å². The first-order valence-corrected chi connectivity index (χ1v) is 7.77. The second-order valence-electron chi connectivity index (χ2n) is 4.75. The molecule has 0 N–H and O–H groups in total. The van der Waals surface area contributed by atoms with Gasteiger partial charge in [-0.2, -0.15) is 0 Å². The normalized spacial score (nSPS) is 25.4. The lowest BCUT2D eigenvalue weighted by molar-refractivity contribution is -0.153. The highest BCUT2D eigenvalue weighted by Gasteiger charge is 2.32. The molecule has 0 saturated carbocycles. The Kier molecular flexibility index (Phi) is 5.80. The molecule has 4 heteroatoms. The number of hydrogen-bond acceptors (Lipinski definition) is 3. The van der Waals surface area contributed by atoms with E-state index in [4.69, 9.17) is 9.47 Å². The van der Waals surface area contributed by atoms with Crippen molar-refractivity contribution < 1.29 is 14.3 Å². The minimum absolute atomic E-state index is 0.113. The van der Waals surface area contributed by atoms with E-state index < -0.39 is 0 Å². The van der Waals surface area contributed by atoms with Crippen LogP contribution in [0.5, 0.6) is 0 Å². The summed E-state index contributed by atoms with van der Waals surface area (Å²) in [6, 6.07) is 9.69. The maximum absolute atomic E-state index is 12.2. The fourth-order valence-electron chi connectivity index (χ4n) is 2.25. The number of rotatable bonds is 5. The molecular formula is C16H19BrO3. The lowest BCUT2D eigenvalue weighted by atomic mass is 9.92. The van der Waals surface area contributed by atoms with Crippen LogP contribution in [0.15, 0.2) is 42.5 Å². The van der Waals surface area contributed by atoms with Gasteiger partial charge in [0.15, 0.2) is 0 Å². The van der Waals surface area contributed by atoms with Crippen molar-refractivity contribution in [1.29, 1.82) is 0 Å². The molecule has 0 heterocycles. The zero-order valence-corrected chi connectivity index (χ0v) is 13.1. The van der Waals surface area contributed by atoms with Crippen LogP contribution in [0.25, 0.3) is 0 Å². The second-order valence-corrected chi connectivity index (χ2v) is 5.93. The number of ether oxygens (including phenoxy) is 2. The summed E-state index contributed by atoms with van der Waals surface area (Å²) in [5, 5.41) is 0.